The minimum Gasteiger partial charge on any atom is -0.329 e. The predicted molar refractivity (Wildman–Crippen MR) is 90.6 cm³/mol. The van der Waals surface area contributed by atoms with E-state index in [1.165, 1.54) is 22.3 Å². The van der Waals surface area contributed by atoms with Gasteiger partial charge in [-0.25, -0.2) is 0 Å². The van der Waals surface area contributed by atoms with Gasteiger partial charge in [0.25, 0.3) is 0 Å². The minimum atomic E-state index is 0.222. The Morgan fingerprint density at radius 3 is 2.29 bits per heavy atom. The molecule has 2 aromatic carbocycles. The van der Waals surface area contributed by atoms with Gasteiger partial charge in [-0.1, -0.05) is 41.9 Å². The van der Waals surface area contributed by atoms with E-state index < -0.39 is 0 Å². The summed E-state index contributed by atoms with van der Waals surface area (Å²) in [5.41, 5.74) is 11.1. The molecule has 1 atom stereocenters. The molecule has 0 heterocycles. The van der Waals surface area contributed by atoms with Crippen molar-refractivity contribution in [2.75, 3.05) is 13.6 Å². The maximum absolute atomic E-state index is 6.01. The maximum Gasteiger partial charge on any atom is 0.0471 e. The number of aryl methyl sites for hydroxylation is 2. The molecule has 0 fully saturated rings. The van der Waals surface area contributed by atoms with Crippen molar-refractivity contribution in [2.45, 2.75) is 26.4 Å². The van der Waals surface area contributed by atoms with E-state index in [0.29, 0.717) is 6.54 Å². The Kier molecular flexibility index (Phi) is 5.40. The van der Waals surface area contributed by atoms with Crippen LogP contribution in [0.5, 0.6) is 0 Å². The van der Waals surface area contributed by atoms with Crippen LogP contribution in [0.4, 0.5) is 0 Å². The summed E-state index contributed by atoms with van der Waals surface area (Å²) < 4.78 is 0. The summed E-state index contributed by atoms with van der Waals surface area (Å²) in [6.45, 7) is 5.73. The second kappa shape index (κ2) is 7.08. The Balaban J connectivity index is 2.15. The quantitative estimate of drug-likeness (QED) is 0.901. The van der Waals surface area contributed by atoms with Gasteiger partial charge in [-0.2, -0.15) is 0 Å². The zero-order valence-corrected chi connectivity index (χ0v) is 13.7. The average molecular weight is 303 g/mol. The molecule has 112 valence electrons. The van der Waals surface area contributed by atoms with Gasteiger partial charge in [-0.15, -0.1) is 0 Å². The molecule has 0 spiro atoms. The van der Waals surface area contributed by atoms with Gasteiger partial charge >= 0.3 is 0 Å². The number of hydrogen-bond acceptors (Lipinski definition) is 2. The fourth-order valence-electron chi connectivity index (χ4n) is 2.53. The molecule has 0 aliphatic rings. The second-order valence-electron chi connectivity index (χ2n) is 5.64. The molecule has 0 aromatic heterocycles. The van der Waals surface area contributed by atoms with Gasteiger partial charge < -0.3 is 5.73 Å². The van der Waals surface area contributed by atoms with Crippen LogP contribution in [0.3, 0.4) is 0 Å². The molecule has 0 aliphatic heterocycles. The van der Waals surface area contributed by atoms with Crippen molar-refractivity contribution in [3.8, 4) is 0 Å². The van der Waals surface area contributed by atoms with Crippen molar-refractivity contribution in [2.24, 2.45) is 5.73 Å². The van der Waals surface area contributed by atoms with Crippen molar-refractivity contribution >= 4 is 11.6 Å². The molecule has 2 nitrogen and oxygen atoms in total. The third kappa shape index (κ3) is 4.07. The Bertz CT molecular complexity index is 593. The fourth-order valence-corrected chi connectivity index (χ4v) is 2.66. The summed E-state index contributed by atoms with van der Waals surface area (Å²) in [5.74, 6) is 0. The lowest BCUT2D eigenvalue weighted by Crippen LogP contribution is -2.30. The van der Waals surface area contributed by atoms with Gasteiger partial charge in [0.05, 0.1) is 0 Å². The lowest BCUT2D eigenvalue weighted by atomic mass is 10.00. The number of benzene rings is 2. The number of nitrogens with two attached hydrogens (primary N) is 1. The molecule has 2 aromatic rings. The van der Waals surface area contributed by atoms with Crippen LogP contribution in [-0.4, -0.2) is 18.5 Å². The van der Waals surface area contributed by atoms with Gasteiger partial charge in [0, 0.05) is 24.2 Å². The first-order chi connectivity index (χ1) is 10.0. The van der Waals surface area contributed by atoms with Crippen LogP contribution in [0.25, 0.3) is 0 Å². The van der Waals surface area contributed by atoms with E-state index in [2.05, 4.69) is 56.1 Å². The number of likely N-dealkylation sites (N-methyl/N-ethyl adjacent to an activating group) is 1. The Morgan fingerprint density at radius 1 is 1.05 bits per heavy atom. The molecule has 0 saturated carbocycles. The van der Waals surface area contributed by atoms with E-state index in [1.807, 2.05) is 12.1 Å². The van der Waals surface area contributed by atoms with E-state index in [0.717, 1.165) is 11.6 Å². The van der Waals surface area contributed by atoms with Crippen LogP contribution in [0.1, 0.15) is 28.3 Å². The van der Waals surface area contributed by atoms with Crippen LogP contribution >= 0.6 is 11.6 Å². The highest BCUT2D eigenvalue weighted by Gasteiger charge is 2.16. The van der Waals surface area contributed by atoms with E-state index in [9.17, 15) is 0 Å². The minimum absolute atomic E-state index is 0.222. The predicted octanol–water partition coefficient (Wildman–Crippen LogP) is 4.09. The first-order valence-electron chi connectivity index (χ1n) is 7.23. The highest BCUT2D eigenvalue weighted by molar-refractivity contribution is 6.30. The number of rotatable bonds is 5. The van der Waals surface area contributed by atoms with Gasteiger partial charge in [-0.05, 0) is 55.3 Å². The summed E-state index contributed by atoms with van der Waals surface area (Å²) in [6.07, 6.45) is 0. The van der Waals surface area contributed by atoms with Gasteiger partial charge in [0.1, 0.15) is 0 Å². The normalized spacial score (nSPS) is 12.7. The Morgan fingerprint density at radius 2 is 1.71 bits per heavy atom. The zero-order chi connectivity index (χ0) is 15.4. The van der Waals surface area contributed by atoms with Crippen LogP contribution in [-0.2, 0) is 6.54 Å². The molecule has 0 saturated heterocycles. The summed E-state index contributed by atoms with van der Waals surface area (Å²) in [5, 5.41) is 0.769. The monoisotopic (exact) mass is 302 g/mol. The number of halogens is 1. The Labute approximate surface area is 132 Å². The SMILES string of the molecule is Cc1ccc(C(CN)N(C)Cc2ccc(Cl)cc2)cc1C. The fraction of sp³-hybridized carbons (Fsp3) is 0.333. The maximum atomic E-state index is 6.01. The van der Waals surface area contributed by atoms with Crippen molar-refractivity contribution < 1.29 is 0 Å². The molecule has 2 rings (SSSR count). The highest BCUT2D eigenvalue weighted by Crippen LogP contribution is 2.23. The lowest BCUT2D eigenvalue weighted by Gasteiger charge is -2.28. The average Bonchev–Trinajstić information content (AvgIpc) is 2.46. The summed E-state index contributed by atoms with van der Waals surface area (Å²) in [6, 6.07) is 14.8. The smallest absolute Gasteiger partial charge is 0.0471 e. The van der Waals surface area contributed by atoms with Crippen LogP contribution < -0.4 is 5.73 Å². The molecule has 0 bridgehead atoms. The van der Waals surface area contributed by atoms with Gasteiger partial charge in [0.15, 0.2) is 0 Å². The summed E-state index contributed by atoms with van der Waals surface area (Å²) >= 11 is 5.93. The van der Waals surface area contributed by atoms with Gasteiger partial charge in [0.2, 0.25) is 0 Å². The molecular formula is C18H23ClN2. The second-order valence-corrected chi connectivity index (χ2v) is 6.07. The van der Waals surface area contributed by atoms with E-state index >= 15 is 0 Å². The van der Waals surface area contributed by atoms with E-state index in [1.54, 1.807) is 0 Å². The molecule has 3 heteroatoms. The lowest BCUT2D eigenvalue weighted by molar-refractivity contribution is 0.241. The van der Waals surface area contributed by atoms with Crippen molar-refractivity contribution in [1.82, 2.24) is 4.90 Å². The van der Waals surface area contributed by atoms with E-state index in [4.69, 9.17) is 17.3 Å². The summed E-state index contributed by atoms with van der Waals surface area (Å²) in [4.78, 5) is 2.29. The van der Waals surface area contributed by atoms with E-state index in [-0.39, 0.29) is 6.04 Å². The van der Waals surface area contributed by atoms with Gasteiger partial charge in [-0.3, -0.25) is 4.90 Å². The zero-order valence-electron chi connectivity index (χ0n) is 12.9. The third-order valence-electron chi connectivity index (χ3n) is 4.02. The molecule has 0 aliphatic carbocycles. The highest BCUT2D eigenvalue weighted by atomic mass is 35.5. The summed E-state index contributed by atoms with van der Waals surface area (Å²) in [7, 11) is 2.11. The molecule has 21 heavy (non-hydrogen) atoms. The van der Waals surface area contributed by atoms with Crippen LogP contribution in [0.15, 0.2) is 42.5 Å². The standard InChI is InChI=1S/C18H23ClN2/c1-13-4-7-16(10-14(13)2)18(11-20)21(3)12-15-5-8-17(19)9-6-15/h4-10,18H,11-12,20H2,1-3H3. The van der Waals surface area contributed by atoms with Crippen molar-refractivity contribution in [3.63, 3.8) is 0 Å². The molecule has 1 unspecified atom stereocenters. The molecular weight excluding hydrogens is 280 g/mol. The number of hydrogen-bond donors (Lipinski definition) is 1. The molecule has 0 radical (unpaired) electrons. The first-order valence-corrected chi connectivity index (χ1v) is 7.61. The van der Waals surface area contributed by atoms with Crippen molar-refractivity contribution in [3.05, 3.63) is 69.7 Å². The Hall–Kier alpha value is -1.35. The first kappa shape index (κ1) is 16.0. The van der Waals surface area contributed by atoms with Crippen molar-refractivity contribution in [1.29, 1.82) is 0 Å². The van der Waals surface area contributed by atoms with Crippen LogP contribution in [0, 0.1) is 13.8 Å². The topological polar surface area (TPSA) is 29.3 Å². The largest absolute Gasteiger partial charge is 0.329 e. The molecule has 2 N–H and O–H groups in total. The number of nitrogens with zero attached hydrogens (tertiary/aromatic N) is 1. The molecule has 0 amide bonds. The van der Waals surface area contributed by atoms with Crippen LogP contribution in [0.2, 0.25) is 5.02 Å². The third-order valence-corrected chi connectivity index (χ3v) is 4.27.